The van der Waals surface area contributed by atoms with Crippen LogP contribution in [0.2, 0.25) is 0 Å². The van der Waals surface area contributed by atoms with Gasteiger partial charge in [-0.1, -0.05) is 48.5 Å². The van der Waals surface area contributed by atoms with Crippen LogP contribution in [0.25, 0.3) is 11.1 Å². The van der Waals surface area contributed by atoms with Gasteiger partial charge in [-0.05, 0) is 67.4 Å². The van der Waals surface area contributed by atoms with E-state index in [4.69, 9.17) is 19.4 Å². The fourth-order valence-electron chi connectivity index (χ4n) is 4.33. The summed E-state index contributed by atoms with van der Waals surface area (Å²) in [5.74, 6) is -3.98. The van der Waals surface area contributed by atoms with E-state index in [0.717, 1.165) is 51.5 Å². The third kappa shape index (κ3) is 9.36. The quantitative estimate of drug-likeness (QED) is 0.317. The van der Waals surface area contributed by atoms with E-state index in [1.54, 1.807) is 0 Å². The third-order valence-electron chi connectivity index (χ3n) is 6.36. The van der Waals surface area contributed by atoms with Crippen molar-refractivity contribution in [2.45, 2.75) is 44.8 Å². The van der Waals surface area contributed by atoms with Crippen LogP contribution in [0.5, 0.6) is 0 Å². The van der Waals surface area contributed by atoms with Crippen molar-refractivity contribution in [3.8, 4) is 11.1 Å². The Balaban J connectivity index is 0.000000532. The molecule has 2 aromatic carbocycles. The number of hydrogen-bond donors (Lipinski definition) is 2. The zero-order valence-electron chi connectivity index (χ0n) is 21.1. The van der Waals surface area contributed by atoms with E-state index in [9.17, 15) is 22.8 Å². The first kappa shape index (κ1) is 29.6. The smallest absolute Gasteiger partial charge is 0.475 e. The highest BCUT2D eigenvalue weighted by molar-refractivity contribution is 5.93. The van der Waals surface area contributed by atoms with Crippen LogP contribution in [0.4, 0.5) is 13.2 Å². The molecule has 39 heavy (non-hydrogen) atoms. The summed E-state index contributed by atoms with van der Waals surface area (Å²) >= 11 is 0. The summed E-state index contributed by atoms with van der Waals surface area (Å²) in [6.07, 6.45) is 0.374. The van der Waals surface area contributed by atoms with E-state index in [-0.39, 0.29) is 17.4 Å². The van der Waals surface area contributed by atoms with E-state index in [2.05, 4.69) is 58.4 Å². The summed E-state index contributed by atoms with van der Waals surface area (Å²) in [6, 6.07) is 19.2. The van der Waals surface area contributed by atoms with Crippen LogP contribution in [-0.4, -0.2) is 57.1 Å². The fourth-order valence-corrected chi connectivity index (χ4v) is 4.33. The van der Waals surface area contributed by atoms with Gasteiger partial charge >= 0.3 is 18.1 Å². The van der Waals surface area contributed by atoms with Gasteiger partial charge in [0.15, 0.2) is 0 Å². The van der Waals surface area contributed by atoms with Crippen molar-refractivity contribution in [1.82, 2.24) is 9.88 Å². The first-order valence-corrected chi connectivity index (χ1v) is 12.4. The molecule has 0 radical (unpaired) electrons. The van der Waals surface area contributed by atoms with Gasteiger partial charge in [0.1, 0.15) is 0 Å². The summed E-state index contributed by atoms with van der Waals surface area (Å²) in [6.45, 7) is 3.09. The Morgan fingerprint density at radius 1 is 0.974 bits per heavy atom. The molecule has 1 saturated heterocycles. The number of carboxylic acids is 2. The summed E-state index contributed by atoms with van der Waals surface area (Å²) in [5, 5.41) is 16.0. The number of carbonyl (C=O) groups excluding carboxylic acids is 1. The monoisotopic (exact) mass is 546 g/mol. The molecule has 1 fully saturated rings. The average molecular weight is 547 g/mol. The fraction of sp³-hybridized carbons (Fsp3) is 0.357. The Kier molecular flexibility index (Phi) is 10.4. The Bertz CT molecular complexity index is 1250. The lowest BCUT2D eigenvalue weighted by atomic mass is 9.91. The number of aromatic nitrogens is 1. The molecule has 0 saturated carbocycles. The second-order valence-electron chi connectivity index (χ2n) is 9.24. The Labute approximate surface area is 223 Å². The number of alkyl halides is 3. The van der Waals surface area contributed by atoms with E-state index in [1.165, 1.54) is 16.7 Å². The first-order chi connectivity index (χ1) is 18.5. The molecule has 0 aliphatic carbocycles. The largest absolute Gasteiger partial charge is 0.490 e. The zero-order chi connectivity index (χ0) is 28.4. The van der Waals surface area contributed by atoms with Gasteiger partial charge in [0.05, 0.1) is 6.20 Å². The predicted octanol–water partition coefficient (Wildman–Crippen LogP) is 5.94. The van der Waals surface area contributed by atoms with Gasteiger partial charge in [-0.2, -0.15) is 13.2 Å². The summed E-state index contributed by atoms with van der Waals surface area (Å²) in [7, 11) is 0. The molecule has 0 bridgehead atoms. The average Bonchev–Trinajstić information content (AvgIpc) is 3.41. The molecule has 1 aliphatic heterocycles. The van der Waals surface area contributed by atoms with Crippen LogP contribution in [0.1, 0.15) is 58.9 Å². The second kappa shape index (κ2) is 13.7. The summed E-state index contributed by atoms with van der Waals surface area (Å²) < 4.78 is 36.7. The minimum Gasteiger partial charge on any atom is -0.475 e. The zero-order valence-corrected chi connectivity index (χ0v) is 21.1. The Morgan fingerprint density at radius 2 is 1.62 bits per heavy atom. The number of oxazole rings is 1. The number of benzene rings is 2. The molecule has 208 valence electrons. The Hall–Kier alpha value is -3.99. The molecule has 4 rings (SSSR count). The first-order valence-electron chi connectivity index (χ1n) is 12.4. The van der Waals surface area contributed by atoms with E-state index in [1.807, 2.05) is 6.07 Å². The van der Waals surface area contributed by atoms with Gasteiger partial charge in [0, 0.05) is 13.0 Å². The number of carboxylic acid groups (broad SMARTS) is 2. The molecule has 1 aromatic heterocycles. The number of hydrogen-bond acceptors (Lipinski definition) is 6. The molecule has 2 heterocycles. The van der Waals surface area contributed by atoms with Crippen LogP contribution in [0, 0.1) is 5.92 Å². The lowest BCUT2D eigenvalue weighted by Crippen LogP contribution is -2.33. The predicted molar refractivity (Wildman–Crippen MR) is 135 cm³/mol. The maximum atomic E-state index is 12.2. The number of halogens is 3. The molecular formula is C28H29F3N2O6. The highest BCUT2D eigenvalue weighted by atomic mass is 19.4. The molecular weight excluding hydrogens is 517 g/mol. The number of piperidine rings is 1. The van der Waals surface area contributed by atoms with Crippen LogP contribution in [-0.2, 0) is 11.3 Å². The standard InChI is InChI=1S/C26H28N2O4.C2HF3O2/c29-23(25-27-17-24(32-25)26(30)31)11-5-6-19-12-14-28(15-13-19)18-20-7-4-10-22(16-20)21-8-2-1-3-9-21;3-2(4,5)1(6)7/h1-4,7-10,16-17,19H,5-6,11-15,18H2,(H,30,31);(H,6,7). The molecule has 0 spiro atoms. The topological polar surface area (TPSA) is 121 Å². The SMILES string of the molecule is O=C(O)C(F)(F)F.O=C(O)c1cnc(C(=O)CCCC2CCN(Cc3cccc(-c4ccccc4)c3)CC2)o1. The van der Waals surface area contributed by atoms with Gasteiger partial charge in [-0.3, -0.25) is 9.69 Å². The maximum Gasteiger partial charge on any atom is 0.490 e. The van der Waals surface area contributed by atoms with Crippen molar-refractivity contribution < 1.29 is 42.2 Å². The van der Waals surface area contributed by atoms with Crippen molar-refractivity contribution in [2.75, 3.05) is 13.1 Å². The number of rotatable bonds is 9. The highest BCUT2D eigenvalue weighted by Gasteiger charge is 2.38. The van der Waals surface area contributed by atoms with Crippen molar-refractivity contribution >= 4 is 17.7 Å². The second-order valence-corrected chi connectivity index (χ2v) is 9.24. The molecule has 2 N–H and O–H groups in total. The lowest BCUT2D eigenvalue weighted by Gasteiger charge is -2.32. The van der Waals surface area contributed by atoms with Crippen molar-refractivity contribution in [2.24, 2.45) is 5.92 Å². The molecule has 0 atom stereocenters. The normalized spacial score (nSPS) is 14.3. The lowest BCUT2D eigenvalue weighted by molar-refractivity contribution is -0.192. The van der Waals surface area contributed by atoms with Gasteiger partial charge in [-0.25, -0.2) is 14.6 Å². The molecule has 11 heteroatoms. The van der Waals surface area contributed by atoms with E-state index in [0.29, 0.717) is 12.3 Å². The van der Waals surface area contributed by atoms with Crippen LogP contribution < -0.4 is 0 Å². The molecule has 1 aliphatic rings. The van der Waals surface area contributed by atoms with Crippen molar-refractivity contribution in [3.63, 3.8) is 0 Å². The summed E-state index contributed by atoms with van der Waals surface area (Å²) in [5.41, 5.74) is 3.83. The molecule has 8 nitrogen and oxygen atoms in total. The van der Waals surface area contributed by atoms with Crippen molar-refractivity contribution in [1.29, 1.82) is 0 Å². The maximum absolute atomic E-state index is 12.2. The van der Waals surface area contributed by atoms with Gasteiger partial charge in [0.2, 0.25) is 11.5 Å². The highest BCUT2D eigenvalue weighted by Crippen LogP contribution is 2.26. The van der Waals surface area contributed by atoms with E-state index >= 15 is 0 Å². The molecule has 0 unspecified atom stereocenters. The number of carbonyl (C=O) groups is 3. The minimum absolute atomic E-state index is 0.102. The molecule has 0 amide bonds. The number of aliphatic carboxylic acids is 1. The number of ketones is 1. The number of aromatic carboxylic acids is 1. The Morgan fingerprint density at radius 3 is 2.21 bits per heavy atom. The number of nitrogens with zero attached hydrogens (tertiary/aromatic N) is 2. The van der Waals surface area contributed by atoms with Gasteiger partial charge in [-0.15, -0.1) is 0 Å². The van der Waals surface area contributed by atoms with Crippen LogP contribution in [0.15, 0.2) is 65.2 Å². The van der Waals surface area contributed by atoms with Crippen LogP contribution >= 0.6 is 0 Å². The molecule has 3 aromatic rings. The minimum atomic E-state index is -5.08. The van der Waals surface area contributed by atoms with Crippen LogP contribution in [0.3, 0.4) is 0 Å². The van der Waals surface area contributed by atoms with Gasteiger partial charge in [0.25, 0.3) is 5.89 Å². The van der Waals surface area contributed by atoms with E-state index < -0.39 is 18.1 Å². The van der Waals surface area contributed by atoms with Crippen molar-refractivity contribution in [3.05, 3.63) is 78.0 Å². The third-order valence-corrected chi connectivity index (χ3v) is 6.36. The number of Topliss-reactive ketones (excluding diaryl/α,β-unsaturated/α-hetero) is 1. The van der Waals surface area contributed by atoms with Gasteiger partial charge < -0.3 is 14.6 Å². The summed E-state index contributed by atoms with van der Waals surface area (Å²) in [4.78, 5) is 38.2. The number of likely N-dealkylation sites (tertiary alicyclic amines) is 1.